The summed E-state index contributed by atoms with van der Waals surface area (Å²) in [6, 6.07) is 6.13. The molecule has 0 N–H and O–H groups in total. The van der Waals surface area contributed by atoms with Gasteiger partial charge in [0.2, 0.25) is 5.88 Å². The van der Waals surface area contributed by atoms with Crippen LogP contribution in [0.15, 0.2) is 24.4 Å². The molecule has 5 heteroatoms. The van der Waals surface area contributed by atoms with Gasteiger partial charge in [0.25, 0.3) is 0 Å². The Labute approximate surface area is 173 Å². The van der Waals surface area contributed by atoms with E-state index in [-0.39, 0.29) is 12.7 Å². The molecular weight excluding hydrogens is 365 g/mol. The molecule has 0 saturated heterocycles. The normalized spacial score (nSPS) is 12.7. The van der Waals surface area contributed by atoms with Crippen LogP contribution in [0.5, 0.6) is 5.88 Å². The second-order valence-corrected chi connectivity index (χ2v) is 7.98. The van der Waals surface area contributed by atoms with Crippen LogP contribution in [0.25, 0.3) is 22.3 Å². The standard InChI is InChI=1S/C24H32FN3O/c1-7-9-18(13-25)28-14-16(5)22-21(28)12-17(8-2)23(27-22)19-10-11-20(15(3)4)26-24(19)29-6/h10-12,14-15,18H,7-9,13H2,1-6H3/t18-/m1/s1. The Kier molecular flexibility index (Phi) is 6.56. The molecule has 0 unspecified atom stereocenters. The molecule has 0 spiro atoms. The van der Waals surface area contributed by atoms with Gasteiger partial charge in [-0.2, -0.15) is 0 Å². The molecule has 3 aromatic rings. The Bertz CT molecular complexity index is 993. The van der Waals surface area contributed by atoms with Crippen LogP contribution in [-0.4, -0.2) is 28.3 Å². The first-order chi connectivity index (χ1) is 13.9. The van der Waals surface area contributed by atoms with E-state index in [9.17, 15) is 4.39 Å². The molecule has 4 nitrogen and oxygen atoms in total. The lowest BCUT2D eigenvalue weighted by molar-refractivity contribution is 0.344. The summed E-state index contributed by atoms with van der Waals surface area (Å²) < 4.78 is 21.4. The molecule has 0 saturated carbocycles. The van der Waals surface area contributed by atoms with Crippen LogP contribution in [0.4, 0.5) is 4.39 Å². The molecule has 3 rings (SSSR count). The summed E-state index contributed by atoms with van der Waals surface area (Å²) in [7, 11) is 1.65. The van der Waals surface area contributed by atoms with E-state index in [0.717, 1.165) is 58.4 Å². The molecule has 29 heavy (non-hydrogen) atoms. The predicted octanol–water partition coefficient (Wildman–Crippen LogP) is 6.41. The highest BCUT2D eigenvalue weighted by Gasteiger charge is 2.20. The second-order valence-electron chi connectivity index (χ2n) is 7.98. The molecule has 0 aliphatic carbocycles. The minimum absolute atomic E-state index is 0.143. The summed E-state index contributed by atoms with van der Waals surface area (Å²) in [5.74, 6) is 0.925. The Morgan fingerprint density at radius 3 is 2.52 bits per heavy atom. The summed E-state index contributed by atoms with van der Waals surface area (Å²) in [6.07, 6.45) is 4.63. The van der Waals surface area contributed by atoms with Gasteiger partial charge in [-0.25, -0.2) is 14.4 Å². The highest BCUT2D eigenvalue weighted by Crippen LogP contribution is 2.35. The fourth-order valence-corrected chi connectivity index (χ4v) is 3.91. The number of aryl methyl sites for hydroxylation is 2. The third-order valence-corrected chi connectivity index (χ3v) is 5.56. The van der Waals surface area contributed by atoms with Crippen molar-refractivity contribution >= 4 is 11.0 Å². The Balaban J connectivity index is 2.21. The van der Waals surface area contributed by atoms with E-state index < -0.39 is 0 Å². The van der Waals surface area contributed by atoms with Crippen LogP contribution in [0.3, 0.4) is 0 Å². The lowest BCUT2D eigenvalue weighted by Gasteiger charge is -2.17. The van der Waals surface area contributed by atoms with Crippen LogP contribution >= 0.6 is 0 Å². The minimum atomic E-state index is -0.366. The van der Waals surface area contributed by atoms with E-state index in [1.54, 1.807) is 7.11 Å². The maximum Gasteiger partial charge on any atom is 0.222 e. The quantitative estimate of drug-likeness (QED) is 0.441. The van der Waals surface area contributed by atoms with Gasteiger partial charge in [0.15, 0.2) is 0 Å². The lowest BCUT2D eigenvalue weighted by Crippen LogP contribution is -2.10. The molecule has 0 aromatic carbocycles. The summed E-state index contributed by atoms with van der Waals surface area (Å²) >= 11 is 0. The molecule has 0 fully saturated rings. The number of alkyl halides is 1. The van der Waals surface area contributed by atoms with Crippen molar-refractivity contribution in [1.29, 1.82) is 0 Å². The summed E-state index contributed by atoms with van der Waals surface area (Å²) in [4.78, 5) is 9.73. The average molecular weight is 398 g/mol. The van der Waals surface area contributed by atoms with Crippen molar-refractivity contribution < 1.29 is 9.13 Å². The van der Waals surface area contributed by atoms with Crippen molar-refractivity contribution in [1.82, 2.24) is 14.5 Å². The number of hydrogen-bond donors (Lipinski definition) is 0. The van der Waals surface area contributed by atoms with Gasteiger partial charge >= 0.3 is 0 Å². The van der Waals surface area contributed by atoms with Gasteiger partial charge in [-0.1, -0.05) is 34.1 Å². The topological polar surface area (TPSA) is 39.9 Å². The molecule has 0 aliphatic rings. The van der Waals surface area contributed by atoms with Crippen molar-refractivity contribution in [2.45, 2.75) is 65.8 Å². The molecule has 3 heterocycles. The fourth-order valence-electron chi connectivity index (χ4n) is 3.91. The highest BCUT2D eigenvalue weighted by molar-refractivity contribution is 5.85. The molecule has 0 aliphatic heterocycles. The van der Waals surface area contributed by atoms with Crippen molar-refractivity contribution in [3.63, 3.8) is 0 Å². The predicted molar refractivity (Wildman–Crippen MR) is 118 cm³/mol. The fraction of sp³-hybridized carbons (Fsp3) is 0.500. The number of nitrogens with zero attached hydrogens (tertiary/aromatic N) is 3. The summed E-state index contributed by atoms with van der Waals surface area (Å²) in [6.45, 7) is 10.1. The molecule has 0 amide bonds. The van der Waals surface area contributed by atoms with Crippen LogP contribution in [0.1, 0.15) is 69.3 Å². The zero-order chi connectivity index (χ0) is 21.1. The first-order valence-electron chi connectivity index (χ1n) is 10.6. The van der Waals surface area contributed by atoms with Gasteiger partial charge in [-0.15, -0.1) is 0 Å². The molecule has 1 atom stereocenters. The molecule has 0 bridgehead atoms. The van der Waals surface area contributed by atoms with E-state index in [0.29, 0.717) is 11.8 Å². The van der Waals surface area contributed by atoms with Crippen LogP contribution in [-0.2, 0) is 6.42 Å². The van der Waals surface area contributed by atoms with E-state index in [1.165, 1.54) is 0 Å². The second kappa shape index (κ2) is 8.93. The number of methoxy groups -OCH3 is 1. The van der Waals surface area contributed by atoms with Gasteiger partial charge in [0.1, 0.15) is 6.67 Å². The number of fused-ring (bicyclic) bond motifs is 1. The maximum absolute atomic E-state index is 13.7. The SMILES string of the molecule is CCC[C@H](CF)n1cc(C)c2nc(-c3ccc(C(C)C)nc3OC)c(CC)cc21. The third-order valence-electron chi connectivity index (χ3n) is 5.56. The van der Waals surface area contributed by atoms with E-state index >= 15 is 0 Å². The van der Waals surface area contributed by atoms with Crippen molar-refractivity contribution in [2.24, 2.45) is 0 Å². The number of rotatable bonds is 8. The van der Waals surface area contributed by atoms with Gasteiger partial charge in [0.05, 0.1) is 35.4 Å². The highest BCUT2D eigenvalue weighted by atomic mass is 19.1. The molecular formula is C24H32FN3O. The third kappa shape index (κ3) is 4.00. The van der Waals surface area contributed by atoms with Gasteiger partial charge in [-0.3, -0.25) is 0 Å². The average Bonchev–Trinajstić information content (AvgIpc) is 3.05. The van der Waals surface area contributed by atoms with Crippen LogP contribution in [0.2, 0.25) is 0 Å². The zero-order valence-corrected chi connectivity index (χ0v) is 18.4. The number of ether oxygens (including phenoxy) is 1. The van der Waals surface area contributed by atoms with Gasteiger partial charge in [0, 0.05) is 11.9 Å². The Morgan fingerprint density at radius 1 is 1.17 bits per heavy atom. The Hall–Kier alpha value is -2.43. The van der Waals surface area contributed by atoms with Crippen molar-refractivity contribution in [2.75, 3.05) is 13.8 Å². The van der Waals surface area contributed by atoms with Gasteiger partial charge < -0.3 is 9.30 Å². The van der Waals surface area contributed by atoms with Crippen LogP contribution < -0.4 is 4.74 Å². The number of hydrogen-bond acceptors (Lipinski definition) is 3. The summed E-state index contributed by atoms with van der Waals surface area (Å²) in [5.41, 5.74) is 6.89. The van der Waals surface area contributed by atoms with Crippen molar-refractivity contribution in [3.8, 4) is 17.1 Å². The minimum Gasteiger partial charge on any atom is -0.480 e. The largest absolute Gasteiger partial charge is 0.480 e. The van der Waals surface area contributed by atoms with E-state index in [1.807, 2.05) is 19.2 Å². The number of pyridine rings is 2. The summed E-state index contributed by atoms with van der Waals surface area (Å²) in [5, 5.41) is 0. The lowest BCUT2D eigenvalue weighted by atomic mass is 10.0. The molecule has 0 radical (unpaired) electrons. The molecule has 3 aromatic heterocycles. The molecule has 156 valence electrons. The van der Waals surface area contributed by atoms with Crippen molar-refractivity contribution in [3.05, 3.63) is 41.2 Å². The smallest absolute Gasteiger partial charge is 0.222 e. The first-order valence-corrected chi connectivity index (χ1v) is 10.6. The van der Waals surface area contributed by atoms with E-state index in [4.69, 9.17) is 14.7 Å². The van der Waals surface area contributed by atoms with Gasteiger partial charge in [-0.05, 0) is 55.0 Å². The zero-order valence-electron chi connectivity index (χ0n) is 18.4. The first kappa shape index (κ1) is 21.3. The van der Waals surface area contributed by atoms with E-state index in [2.05, 4.69) is 44.4 Å². The van der Waals surface area contributed by atoms with Crippen LogP contribution in [0, 0.1) is 6.92 Å². The number of aromatic nitrogens is 3. The Morgan fingerprint density at radius 2 is 1.93 bits per heavy atom. The number of halogens is 1. The monoisotopic (exact) mass is 397 g/mol. The maximum atomic E-state index is 13.7.